The van der Waals surface area contributed by atoms with Crippen molar-refractivity contribution in [3.63, 3.8) is 0 Å². The van der Waals surface area contributed by atoms with Crippen LogP contribution in [0.2, 0.25) is 0 Å². The van der Waals surface area contributed by atoms with E-state index in [2.05, 4.69) is 83.1 Å². The van der Waals surface area contributed by atoms with Crippen LogP contribution in [-0.2, 0) is 42.7 Å². The average Bonchev–Trinajstić information content (AvgIpc) is 3.03. The van der Waals surface area contributed by atoms with Crippen molar-refractivity contribution in [2.75, 3.05) is 0 Å². The van der Waals surface area contributed by atoms with Crippen LogP contribution in [-0.4, -0.2) is 79.3 Å². The Hall–Kier alpha value is -0.940. The Bertz CT molecular complexity index is 1050. The van der Waals surface area contributed by atoms with Crippen molar-refractivity contribution >= 4 is 11.6 Å². The molecule has 0 bridgehead atoms. The van der Waals surface area contributed by atoms with Gasteiger partial charge in [0.15, 0.2) is 30.4 Å². The lowest BCUT2D eigenvalue weighted by atomic mass is 9.77. The lowest BCUT2D eigenvalue weighted by Crippen LogP contribution is -2.60. The van der Waals surface area contributed by atoms with Crippen LogP contribution in [0.15, 0.2) is 0 Å². The number of ether oxygens (including phenoxy) is 7. The Balaban J connectivity index is 1.47. The van der Waals surface area contributed by atoms with Crippen molar-refractivity contribution in [3.8, 4) is 0 Å². The first-order valence-corrected chi connectivity index (χ1v) is 18.6. The van der Waals surface area contributed by atoms with Gasteiger partial charge in [0.05, 0.1) is 36.6 Å². The highest BCUT2D eigenvalue weighted by atomic mass is 16.7. The summed E-state index contributed by atoms with van der Waals surface area (Å²) >= 11 is 0. The van der Waals surface area contributed by atoms with Gasteiger partial charge in [-0.3, -0.25) is 9.59 Å². The van der Waals surface area contributed by atoms with Crippen molar-refractivity contribution in [2.45, 2.75) is 177 Å². The number of carbonyl (C=O) groups excluding carboxylic acids is 2. The quantitative estimate of drug-likeness (QED) is 0.249. The summed E-state index contributed by atoms with van der Waals surface area (Å²) < 4.78 is 46.1. The molecule has 4 aliphatic rings. The van der Waals surface area contributed by atoms with Gasteiger partial charge in [-0.2, -0.15) is 0 Å². The third-order valence-electron chi connectivity index (χ3n) is 13.0. The molecule has 0 radical (unpaired) electrons. The highest BCUT2D eigenvalue weighted by Crippen LogP contribution is 2.44. The summed E-state index contributed by atoms with van der Waals surface area (Å²) in [7, 11) is 0. The van der Waals surface area contributed by atoms with E-state index in [0.717, 1.165) is 12.8 Å². The smallest absolute Gasteiger partial charge is 0.162 e. The molecule has 272 valence electrons. The van der Waals surface area contributed by atoms with Crippen molar-refractivity contribution in [1.29, 1.82) is 0 Å². The minimum Gasteiger partial charge on any atom is -0.372 e. The molecule has 9 unspecified atom stereocenters. The molecule has 0 N–H and O–H groups in total. The normalized spacial score (nSPS) is 51.0. The minimum atomic E-state index is -0.772. The molecular weight excluding hydrogens is 600 g/mol. The maximum Gasteiger partial charge on any atom is 0.162 e. The first-order valence-electron chi connectivity index (χ1n) is 18.6. The van der Waals surface area contributed by atoms with Crippen LogP contribution in [0, 0.1) is 53.3 Å². The lowest BCUT2D eigenvalue weighted by Gasteiger charge is -2.51. The van der Waals surface area contributed by atoms with Gasteiger partial charge in [0.25, 0.3) is 0 Å². The molecule has 0 aromatic rings. The van der Waals surface area contributed by atoms with E-state index in [-0.39, 0.29) is 83.5 Å². The molecule has 0 saturated carbocycles. The Kier molecular flexibility index (Phi) is 13.2. The van der Waals surface area contributed by atoms with E-state index in [0.29, 0.717) is 11.8 Å². The van der Waals surface area contributed by atoms with Crippen LogP contribution in [0.3, 0.4) is 0 Å². The second kappa shape index (κ2) is 15.9. The number of ketones is 2. The molecule has 9 nitrogen and oxygen atoms in total. The van der Waals surface area contributed by atoms with E-state index in [9.17, 15) is 9.59 Å². The fourth-order valence-electron chi connectivity index (χ4n) is 8.37. The summed E-state index contributed by atoms with van der Waals surface area (Å²) in [6.07, 6.45) is -2.17. The van der Waals surface area contributed by atoms with Crippen LogP contribution < -0.4 is 0 Å². The summed E-state index contributed by atoms with van der Waals surface area (Å²) in [4.78, 5) is 25.5. The van der Waals surface area contributed by atoms with Crippen LogP contribution in [0.1, 0.15) is 110 Å². The summed E-state index contributed by atoms with van der Waals surface area (Å²) in [5.74, 6) is 1.13. The van der Waals surface area contributed by atoms with Gasteiger partial charge in [-0.25, -0.2) is 0 Å². The molecule has 4 aliphatic heterocycles. The lowest BCUT2D eigenvalue weighted by molar-refractivity contribution is -0.350. The second-order valence-electron chi connectivity index (χ2n) is 15.8. The van der Waals surface area contributed by atoms with Crippen molar-refractivity contribution < 1.29 is 42.7 Å². The van der Waals surface area contributed by atoms with E-state index in [4.69, 9.17) is 33.2 Å². The van der Waals surface area contributed by atoms with Crippen LogP contribution >= 0.6 is 0 Å². The van der Waals surface area contributed by atoms with Gasteiger partial charge in [0.2, 0.25) is 0 Å². The largest absolute Gasteiger partial charge is 0.372 e. The van der Waals surface area contributed by atoms with E-state index >= 15 is 0 Å². The molecule has 47 heavy (non-hydrogen) atoms. The van der Waals surface area contributed by atoms with Gasteiger partial charge in [-0.05, 0) is 69.1 Å². The van der Waals surface area contributed by atoms with Gasteiger partial charge in [0.1, 0.15) is 12.2 Å². The maximum atomic E-state index is 13.1. The standard InChI is InChI=1S/C38H66O9/c1-15-29-32(20(6)18(4)28(14)41-29)44-38-25(11)22(8)34(35(47-38)27(13)40)46-36-24(10)21(7)33(30(16-2)42-36)45-37-23(9)17(3)19(5)31(43-37)26(12)39/h17-25,28-38H,15-16H2,1-14H3/t17-,18?,19+,20+,21+,22?,23?,24?,25-,28?,29?,30?,31?,32+,33+,34+,35?,36-,37-,38+/m0/s1. The number of hydrogen-bond donors (Lipinski definition) is 0. The van der Waals surface area contributed by atoms with Crippen molar-refractivity contribution in [3.05, 3.63) is 0 Å². The number of hydrogen-bond acceptors (Lipinski definition) is 9. The molecule has 9 heteroatoms. The fourth-order valence-corrected chi connectivity index (χ4v) is 8.37. The molecular formula is C38H66O9. The van der Waals surface area contributed by atoms with Gasteiger partial charge < -0.3 is 33.2 Å². The van der Waals surface area contributed by atoms with Crippen molar-refractivity contribution in [1.82, 2.24) is 0 Å². The highest BCUT2D eigenvalue weighted by molar-refractivity contribution is 5.81. The monoisotopic (exact) mass is 666 g/mol. The number of rotatable bonds is 10. The number of Topliss-reactive ketones (excluding diaryl/α,β-unsaturated/α-hetero) is 2. The molecule has 20 atom stereocenters. The van der Waals surface area contributed by atoms with Crippen LogP contribution in [0.4, 0.5) is 0 Å². The maximum absolute atomic E-state index is 13.1. The minimum absolute atomic E-state index is 0.0202. The van der Waals surface area contributed by atoms with Crippen molar-refractivity contribution in [2.24, 2.45) is 53.3 Å². The zero-order chi connectivity index (χ0) is 35.1. The second-order valence-corrected chi connectivity index (χ2v) is 15.8. The molecule has 4 heterocycles. The first kappa shape index (κ1) is 38.9. The summed E-state index contributed by atoms with van der Waals surface area (Å²) in [6, 6.07) is 0. The molecule has 0 aliphatic carbocycles. The topological polar surface area (TPSA) is 98.8 Å². The number of carbonyl (C=O) groups is 2. The molecule has 0 aromatic carbocycles. The molecule has 0 spiro atoms. The molecule has 4 fully saturated rings. The SMILES string of the molecule is CCC1OC(C)C(C)[C@@H](C)[C@H]1O[C@@H]1OC(C(C)=O)[C@H](O[C@@H]2OC(CC)[C@H](O[C@@H]3OC(C(C)=O)[C@H](C)[C@H](C)C3C)[C@H](C)C2C)C(C)[C@@H]1C. The van der Waals surface area contributed by atoms with Gasteiger partial charge in [-0.15, -0.1) is 0 Å². The summed E-state index contributed by atoms with van der Waals surface area (Å²) in [5, 5.41) is 0. The summed E-state index contributed by atoms with van der Waals surface area (Å²) in [6.45, 7) is 28.9. The molecule has 4 saturated heterocycles. The average molecular weight is 667 g/mol. The van der Waals surface area contributed by atoms with Gasteiger partial charge >= 0.3 is 0 Å². The molecule has 0 amide bonds. The Morgan fingerprint density at radius 2 is 0.830 bits per heavy atom. The Morgan fingerprint density at radius 1 is 0.447 bits per heavy atom. The predicted octanol–water partition coefficient (Wildman–Crippen LogP) is 6.83. The van der Waals surface area contributed by atoms with Gasteiger partial charge in [-0.1, -0.05) is 76.2 Å². The van der Waals surface area contributed by atoms with E-state index in [1.165, 1.54) is 0 Å². The predicted molar refractivity (Wildman–Crippen MR) is 179 cm³/mol. The van der Waals surface area contributed by atoms with E-state index in [1.54, 1.807) is 13.8 Å². The first-order chi connectivity index (χ1) is 22.0. The highest BCUT2D eigenvalue weighted by Gasteiger charge is 2.52. The van der Waals surface area contributed by atoms with Crippen LogP contribution in [0.5, 0.6) is 0 Å². The van der Waals surface area contributed by atoms with E-state index in [1.807, 2.05) is 0 Å². The third kappa shape index (κ3) is 7.87. The Labute approximate surface area is 284 Å². The third-order valence-corrected chi connectivity index (χ3v) is 13.0. The Morgan fingerprint density at radius 3 is 1.32 bits per heavy atom. The fraction of sp³-hybridized carbons (Fsp3) is 0.947. The van der Waals surface area contributed by atoms with Gasteiger partial charge in [0, 0.05) is 17.8 Å². The zero-order valence-electron chi connectivity index (χ0n) is 31.6. The molecule has 0 aromatic heterocycles. The zero-order valence-corrected chi connectivity index (χ0v) is 31.6. The summed E-state index contributed by atoms with van der Waals surface area (Å²) in [5.41, 5.74) is 0. The van der Waals surface area contributed by atoms with E-state index < -0.39 is 37.2 Å². The van der Waals surface area contributed by atoms with Crippen LogP contribution in [0.25, 0.3) is 0 Å². The molecule has 4 rings (SSSR count).